The zero-order valence-corrected chi connectivity index (χ0v) is 9.08. The highest BCUT2D eigenvalue weighted by Crippen LogP contribution is 2.20. The Bertz CT molecular complexity index is 268. The zero-order valence-electron chi connectivity index (χ0n) is 9.08. The lowest BCUT2D eigenvalue weighted by molar-refractivity contribution is -0.125. The molecular weight excluding hydrogens is 176 g/mol. The lowest BCUT2D eigenvalue weighted by Gasteiger charge is -2.10. The molecule has 1 aliphatic carbocycles. The van der Waals surface area contributed by atoms with Crippen molar-refractivity contribution in [3.05, 3.63) is 23.8 Å². The van der Waals surface area contributed by atoms with Crippen LogP contribution >= 0.6 is 0 Å². The summed E-state index contributed by atoms with van der Waals surface area (Å²) < 4.78 is 0. The Kier molecular flexibility index (Phi) is 3.89. The fourth-order valence-corrected chi connectivity index (χ4v) is 1.64. The van der Waals surface area contributed by atoms with Gasteiger partial charge in [0.25, 0.3) is 5.91 Å². The van der Waals surface area contributed by atoms with E-state index in [0.717, 1.165) is 18.4 Å². The van der Waals surface area contributed by atoms with Crippen LogP contribution in [0.3, 0.4) is 0 Å². The number of hydrogen-bond acceptors (Lipinski definition) is 2. The normalized spacial score (nSPS) is 24.8. The molecule has 3 nitrogen and oxygen atoms in total. The Morgan fingerprint density at radius 3 is 2.93 bits per heavy atom. The number of nitrogens with zero attached hydrogens (tertiary/aromatic N) is 1. The quantitative estimate of drug-likeness (QED) is 0.635. The average Bonchev–Trinajstić information content (AvgIpc) is 2.44. The Labute approximate surface area is 85.4 Å². The highest BCUT2D eigenvalue weighted by Gasteiger charge is 2.31. The van der Waals surface area contributed by atoms with Crippen molar-refractivity contribution >= 4 is 5.91 Å². The van der Waals surface area contributed by atoms with Crippen molar-refractivity contribution in [3.8, 4) is 0 Å². The van der Waals surface area contributed by atoms with Crippen molar-refractivity contribution in [2.24, 2.45) is 0 Å². The van der Waals surface area contributed by atoms with Crippen LogP contribution in [0.4, 0.5) is 0 Å². The minimum atomic E-state index is 0.103. The van der Waals surface area contributed by atoms with E-state index in [2.05, 4.69) is 11.5 Å². The molecule has 2 aliphatic rings. The van der Waals surface area contributed by atoms with Gasteiger partial charge in [-0.1, -0.05) is 32.1 Å². The van der Waals surface area contributed by atoms with Crippen LogP contribution in [0, 0.1) is 0 Å². The van der Waals surface area contributed by atoms with Crippen LogP contribution in [0.15, 0.2) is 23.8 Å². The molecule has 1 atom stereocenters. The molecule has 0 aromatic carbocycles. The maximum Gasteiger partial charge on any atom is 0.265 e. The first kappa shape index (κ1) is 11.0. The van der Waals surface area contributed by atoms with Crippen molar-refractivity contribution < 1.29 is 4.79 Å². The number of carbonyl (C=O) groups excluding carboxylic acids is 1. The number of likely N-dealkylation sites (N-methyl/N-ethyl adjacent to an activating group) is 1. The summed E-state index contributed by atoms with van der Waals surface area (Å²) >= 11 is 0. The molecular formula is C11H18N2O. The van der Waals surface area contributed by atoms with Crippen molar-refractivity contribution in [3.63, 3.8) is 0 Å². The molecule has 3 heteroatoms. The molecule has 1 fully saturated rings. The van der Waals surface area contributed by atoms with Crippen LogP contribution in [-0.2, 0) is 4.79 Å². The maximum atomic E-state index is 11.5. The molecule has 0 saturated carbocycles. The first-order valence-electron chi connectivity index (χ1n) is 5.20. The Morgan fingerprint density at radius 1 is 1.50 bits per heavy atom. The maximum absolute atomic E-state index is 11.5. The fourth-order valence-electron chi connectivity index (χ4n) is 1.64. The number of hydrogen-bond donors (Lipinski definition) is 1. The van der Waals surface area contributed by atoms with Crippen LogP contribution in [0.2, 0.25) is 0 Å². The Balaban J connectivity index is 0.000000461. The van der Waals surface area contributed by atoms with Gasteiger partial charge in [0.15, 0.2) is 0 Å². The van der Waals surface area contributed by atoms with Gasteiger partial charge in [0.05, 0.1) is 6.04 Å². The van der Waals surface area contributed by atoms with Crippen LogP contribution in [0.5, 0.6) is 0 Å². The average molecular weight is 194 g/mol. The van der Waals surface area contributed by atoms with E-state index >= 15 is 0 Å². The van der Waals surface area contributed by atoms with Gasteiger partial charge in [-0.3, -0.25) is 9.80 Å². The highest BCUT2D eigenvalue weighted by atomic mass is 16.2. The standard InChI is InChI=1S/C9H12N2O.C2H6/c1-11-9(12)7-5-3-2-4-6-8(7)10-11;1-2/h2-3,5,8,10H,4,6H2,1H3;1-2H3. The number of amides is 1. The summed E-state index contributed by atoms with van der Waals surface area (Å²) in [6.07, 6.45) is 8.03. The van der Waals surface area contributed by atoms with Gasteiger partial charge < -0.3 is 0 Å². The van der Waals surface area contributed by atoms with Gasteiger partial charge in [-0.25, -0.2) is 5.43 Å². The summed E-state index contributed by atoms with van der Waals surface area (Å²) in [5, 5.41) is 1.57. The minimum absolute atomic E-state index is 0.103. The van der Waals surface area contributed by atoms with Gasteiger partial charge in [-0.15, -0.1) is 0 Å². The number of rotatable bonds is 0. The summed E-state index contributed by atoms with van der Waals surface area (Å²) in [5.74, 6) is 0.103. The summed E-state index contributed by atoms with van der Waals surface area (Å²) in [7, 11) is 1.77. The zero-order chi connectivity index (χ0) is 10.6. The molecule has 0 spiro atoms. The highest BCUT2D eigenvalue weighted by molar-refractivity contribution is 5.96. The molecule has 0 bridgehead atoms. The molecule has 2 rings (SSSR count). The van der Waals surface area contributed by atoms with E-state index in [-0.39, 0.29) is 11.9 Å². The number of allylic oxidation sites excluding steroid dienone is 3. The molecule has 1 unspecified atom stereocenters. The number of carbonyl (C=O) groups is 1. The summed E-state index contributed by atoms with van der Waals surface area (Å²) in [6, 6.07) is 0.234. The van der Waals surface area contributed by atoms with Gasteiger partial charge in [0, 0.05) is 12.6 Å². The number of hydrazine groups is 1. The van der Waals surface area contributed by atoms with E-state index in [1.807, 2.05) is 26.0 Å². The van der Waals surface area contributed by atoms with E-state index in [1.165, 1.54) is 0 Å². The van der Waals surface area contributed by atoms with Crippen LogP contribution in [0.1, 0.15) is 26.7 Å². The van der Waals surface area contributed by atoms with Gasteiger partial charge in [0.2, 0.25) is 0 Å². The number of nitrogens with one attached hydrogen (secondary N) is 1. The third-order valence-electron chi connectivity index (χ3n) is 2.31. The Hall–Kier alpha value is -1.09. The second-order valence-corrected chi connectivity index (χ2v) is 3.17. The number of fused-ring (bicyclic) bond motifs is 1. The molecule has 0 radical (unpaired) electrons. The molecule has 1 N–H and O–H groups in total. The Morgan fingerprint density at radius 2 is 2.21 bits per heavy atom. The summed E-state index contributed by atoms with van der Waals surface area (Å²) in [5.41, 5.74) is 4.02. The third-order valence-corrected chi connectivity index (χ3v) is 2.31. The molecule has 1 aliphatic heterocycles. The van der Waals surface area contributed by atoms with Crippen molar-refractivity contribution in [1.82, 2.24) is 10.4 Å². The van der Waals surface area contributed by atoms with Gasteiger partial charge in [-0.05, 0) is 12.8 Å². The molecule has 0 aromatic heterocycles. The predicted molar refractivity (Wildman–Crippen MR) is 57.5 cm³/mol. The molecule has 0 aromatic rings. The van der Waals surface area contributed by atoms with E-state index in [4.69, 9.17) is 0 Å². The van der Waals surface area contributed by atoms with Gasteiger partial charge in [0.1, 0.15) is 0 Å². The van der Waals surface area contributed by atoms with Crippen molar-refractivity contribution in [1.29, 1.82) is 0 Å². The van der Waals surface area contributed by atoms with Crippen LogP contribution < -0.4 is 5.43 Å². The van der Waals surface area contributed by atoms with E-state index in [0.29, 0.717) is 0 Å². The van der Waals surface area contributed by atoms with Gasteiger partial charge in [-0.2, -0.15) is 0 Å². The predicted octanol–water partition coefficient (Wildman–Crippen LogP) is 1.63. The van der Waals surface area contributed by atoms with Crippen molar-refractivity contribution in [2.75, 3.05) is 7.05 Å². The lowest BCUT2D eigenvalue weighted by atomic mass is 10.1. The van der Waals surface area contributed by atoms with Gasteiger partial charge >= 0.3 is 0 Å². The van der Waals surface area contributed by atoms with Crippen LogP contribution in [0.25, 0.3) is 0 Å². The third kappa shape index (κ3) is 2.04. The van der Waals surface area contributed by atoms with E-state index in [1.54, 1.807) is 12.1 Å². The minimum Gasteiger partial charge on any atom is -0.277 e. The first-order valence-corrected chi connectivity index (χ1v) is 5.20. The van der Waals surface area contributed by atoms with Crippen LogP contribution in [-0.4, -0.2) is 24.0 Å². The fraction of sp³-hybridized carbons (Fsp3) is 0.545. The lowest BCUT2D eigenvalue weighted by Crippen LogP contribution is -2.33. The SMILES string of the molecule is CC.CN1NC2CCC=CC=C2C1=O. The molecule has 1 saturated heterocycles. The largest absolute Gasteiger partial charge is 0.277 e. The summed E-state index contributed by atoms with van der Waals surface area (Å²) in [6.45, 7) is 4.00. The molecule has 1 amide bonds. The molecule has 1 heterocycles. The smallest absolute Gasteiger partial charge is 0.265 e. The second kappa shape index (κ2) is 4.96. The second-order valence-electron chi connectivity index (χ2n) is 3.17. The molecule has 14 heavy (non-hydrogen) atoms. The first-order chi connectivity index (χ1) is 6.79. The molecule has 78 valence electrons. The van der Waals surface area contributed by atoms with E-state index in [9.17, 15) is 4.79 Å². The van der Waals surface area contributed by atoms with E-state index < -0.39 is 0 Å². The summed E-state index contributed by atoms with van der Waals surface area (Å²) in [4.78, 5) is 11.5. The topological polar surface area (TPSA) is 32.3 Å². The van der Waals surface area contributed by atoms with Crippen molar-refractivity contribution in [2.45, 2.75) is 32.7 Å². The monoisotopic (exact) mass is 194 g/mol.